The summed E-state index contributed by atoms with van der Waals surface area (Å²) in [5, 5.41) is 0. The molecule has 0 bridgehead atoms. The monoisotopic (exact) mass is 283 g/mol. The van der Waals surface area contributed by atoms with Crippen LogP contribution in [0.1, 0.15) is 26.2 Å². The number of likely N-dealkylation sites (tertiary alicyclic amines) is 1. The first-order valence-electron chi connectivity index (χ1n) is 7.97. The summed E-state index contributed by atoms with van der Waals surface area (Å²) >= 11 is 0. The Bertz CT molecular complexity index is 305. The van der Waals surface area contributed by atoms with E-state index in [-0.39, 0.29) is 0 Å². The first-order chi connectivity index (χ1) is 9.74. The van der Waals surface area contributed by atoms with E-state index >= 15 is 0 Å². The van der Waals surface area contributed by atoms with Crippen LogP contribution in [0.4, 0.5) is 0 Å². The van der Waals surface area contributed by atoms with Crippen LogP contribution in [0.15, 0.2) is 0 Å². The van der Waals surface area contributed by atoms with Gasteiger partial charge in [-0.1, -0.05) is 6.92 Å². The quantitative estimate of drug-likeness (QED) is 0.717. The van der Waals surface area contributed by atoms with E-state index in [0.29, 0.717) is 18.5 Å². The fourth-order valence-corrected chi connectivity index (χ4v) is 3.25. The minimum atomic E-state index is 0.322. The zero-order valence-electron chi connectivity index (χ0n) is 13.0. The van der Waals surface area contributed by atoms with E-state index in [2.05, 4.69) is 16.7 Å². The number of nitrogens with zero attached hydrogens (tertiary/aromatic N) is 3. The summed E-state index contributed by atoms with van der Waals surface area (Å²) in [6, 6.07) is 0.560. The predicted octanol–water partition coefficient (Wildman–Crippen LogP) is 0.651. The summed E-state index contributed by atoms with van der Waals surface area (Å²) < 4.78 is 5.18. The minimum Gasteiger partial charge on any atom is -0.383 e. The second kappa shape index (κ2) is 7.96. The van der Waals surface area contributed by atoms with Crippen molar-refractivity contribution in [1.82, 2.24) is 14.7 Å². The zero-order valence-corrected chi connectivity index (χ0v) is 13.0. The molecule has 0 aromatic rings. The molecule has 0 spiro atoms. The van der Waals surface area contributed by atoms with Gasteiger partial charge in [-0.15, -0.1) is 0 Å². The van der Waals surface area contributed by atoms with Gasteiger partial charge in [0, 0.05) is 52.4 Å². The Morgan fingerprint density at radius 1 is 1.20 bits per heavy atom. The maximum absolute atomic E-state index is 12.2. The van der Waals surface area contributed by atoms with Crippen LogP contribution in [-0.2, 0) is 9.53 Å². The third-order valence-corrected chi connectivity index (χ3v) is 4.56. The summed E-state index contributed by atoms with van der Waals surface area (Å²) in [5.74, 6) is 0.322. The molecule has 5 heteroatoms. The van der Waals surface area contributed by atoms with Gasteiger partial charge >= 0.3 is 0 Å². The molecule has 1 amide bonds. The average molecular weight is 283 g/mol. The van der Waals surface area contributed by atoms with Crippen molar-refractivity contribution >= 4 is 5.91 Å². The molecule has 1 atom stereocenters. The van der Waals surface area contributed by atoms with Gasteiger partial charge in [0.1, 0.15) is 0 Å². The average Bonchev–Trinajstić information content (AvgIpc) is 3.00. The Hall–Kier alpha value is -0.650. The summed E-state index contributed by atoms with van der Waals surface area (Å²) in [7, 11) is 1.76. The van der Waals surface area contributed by atoms with E-state index in [0.717, 1.165) is 52.3 Å². The largest absolute Gasteiger partial charge is 0.383 e. The topological polar surface area (TPSA) is 36.0 Å². The van der Waals surface area contributed by atoms with E-state index in [1.807, 2.05) is 4.90 Å². The van der Waals surface area contributed by atoms with Crippen molar-refractivity contribution in [3.8, 4) is 0 Å². The molecule has 2 heterocycles. The highest BCUT2D eigenvalue weighted by Crippen LogP contribution is 2.14. The number of amides is 1. The van der Waals surface area contributed by atoms with Gasteiger partial charge in [-0.25, -0.2) is 0 Å². The Morgan fingerprint density at radius 3 is 2.60 bits per heavy atom. The van der Waals surface area contributed by atoms with Crippen LogP contribution >= 0.6 is 0 Å². The van der Waals surface area contributed by atoms with E-state index in [1.165, 1.54) is 12.8 Å². The number of rotatable bonds is 6. The number of hydrogen-bond acceptors (Lipinski definition) is 4. The smallest absolute Gasteiger partial charge is 0.236 e. The van der Waals surface area contributed by atoms with Crippen LogP contribution in [0.25, 0.3) is 0 Å². The molecule has 20 heavy (non-hydrogen) atoms. The normalized spacial score (nSPS) is 25.3. The van der Waals surface area contributed by atoms with Crippen LogP contribution in [0, 0.1) is 0 Å². The predicted molar refractivity (Wildman–Crippen MR) is 79.8 cm³/mol. The Kier molecular flexibility index (Phi) is 6.26. The number of hydrogen-bond donors (Lipinski definition) is 0. The molecular weight excluding hydrogens is 254 g/mol. The lowest BCUT2D eigenvalue weighted by atomic mass is 10.1. The maximum Gasteiger partial charge on any atom is 0.236 e. The third-order valence-electron chi connectivity index (χ3n) is 4.56. The van der Waals surface area contributed by atoms with Gasteiger partial charge in [0.2, 0.25) is 5.91 Å². The molecule has 2 aliphatic rings. The molecule has 0 aromatic heterocycles. The Balaban J connectivity index is 1.78. The van der Waals surface area contributed by atoms with Gasteiger partial charge in [0.25, 0.3) is 0 Å². The van der Waals surface area contributed by atoms with E-state index in [1.54, 1.807) is 7.11 Å². The van der Waals surface area contributed by atoms with Gasteiger partial charge in [-0.05, 0) is 19.3 Å². The molecule has 0 saturated carbocycles. The first-order valence-corrected chi connectivity index (χ1v) is 7.97. The van der Waals surface area contributed by atoms with Crippen LogP contribution in [0.3, 0.4) is 0 Å². The van der Waals surface area contributed by atoms with E-state index in [4.69, 9.17) is 4.74 Å². The highest BCUT2D eigenvalue weighted by atomic mass is 16.5. The fourth-order valence-electron chi connectivity index (χ4n) is 3.25. The van der Waals surface area contributed by atoms with Crippen LogP contribution in [-0.4, -0.2) is 86.2 Å². The zero-order chi connectivity index (χ0) is 14.4. The molecular formula is C15H29N3O2. The highest BCUT2D eigenvalue weighted by molar-refractivity contribution is 5.78. The number of carbonyl (C=O) groups excluding carboxylic acids is 1. The molecule has 2 aliphatic heterocycles. The van der Waals surface area contributed by atoms with Crippen molar-refractivity contribution in [3.05, 3.63) is 0 Å². The first kappa shape index (κ1) is 15.7. The molecule has 0 aliphatic carbocycles. The number of methoxy groups -OCH3 is 1. The Morgan fingerprint density at radius 2 is 1.95 bits per heavy atom. The van der Waals surface area contributed by atoms with Gasteiger partial charge in [-0.3, -0.25) is 14.6 Å². The third kappa shape index (κ3) is 4.17. The van der Waals surface area contributed by atoms with Crippen molar-refractivity contribution in [2.75, 3.05) is 59.5 Å². The van der Waals surface area contributed by atoms with E-state index in [9.17, 15) is 4.79 Å². The van der Waals surface area contributed by atoms with Crippen LogP contribution < -0.4 is 0 Å². The summed E-state index contributed by atoms with van der Waals surface area (Å²) in [5.41, 5.74) is 0. The second-order valence-electron chi connectivity index (χ2n) is 5.91. The Labute approximate surface area is 122 Å². The molecule has 0 unspecified atom stereocenters. The maximum atomic E-state index is 12.2. The number of carbonyl (C=O) groups is 1. The van der Waals surface area contributed by atoms with Crippen molar-refractivity contribution in [2.24, 2.45) is 0 Å². The lowest BCUT2D eigenvalue weighted by Crippen LogP contribution is -2.55. The summed E-state index contributed by atoms with van der Waals surface area (Å²) in [6.45, 7) is 9.62. The summed E-state index contributed by atoms with van der Waals surface area (Å²) in [6.07, 6.45) is 3.49. The van der Waals surface area contributed by atoms with Crippen molar-refractivity contribution < 1.29 is 9.53 Å². The lowest BCUT2D eigenvalue weighted by molar-refractivity contribution is -0.132. The van der Waals surface area contributed by atoms with Gasteiger partial charge in [0.15, 0.2) is 0 Å². The molecule has 2 saturated heterocycles. The molecule has 2 rings (SSSR count). The molecule has 116 valence electrons. The SMILES string of the molecule is CC[C@H]1CN(CC(=O)N2CCCC2)CCN1CCOC. The van der Waals surface area contributed by atoms with Crippen LogP contribution in [0.5, 0.6) is 0 Å². The molecule has 5 nitrogen and oxygen atoms in total. The van der Waals surface area contributed by atoms with Gasteiger partial charge in [-0.2, -0.15) is 0 Å². The fraction of sp³-hybridized carbons (Fsp3) is 0.933. The molecule has 0 aromatic carbocycles. The highest BCUT2D eigenvalue weighted by Gasteiger charge is 2.28. The van der Waals surface area contributed by atoms with Gasteiger partial charge in [0.05, 0.1) is 13.2 Å². The summed E-state index contributed by atoms with van der Waals surface area (Å²) in [4.78, 5) is 19.1. The number of piperazine rings is 1. The molecule has 0 radical (unpaired) electrons. The van der Waals surface area contributed by atoms with Crippen molar-refractivity contribution in [3.63, 3.8) is 0 Å². The minimum absolute atomic E-state index is 0.322. The van der Waals surface area contributed by atoms with Crippen molar-refractivity contribution in [2.45, 2.75) is 32.2 Å². The van der Waals surface area contributed by atoms with Gasteiger partial charge < -0.3 is 9.64 Å². The van der Waals surface area contributed by atoms with Crippen LogP contribution in [0.2, 0.25) is 0 Å². The second-order valence-corrected chi connectivity index (χ2v) is 5.91. The number of ether oxygens (including phenoxy) is 1. The molecule has 2 fully saturated rings. The van der Waals surface area contributed by atoms with Crippen molar-refractivity contribution in [1.29, 1.82) is 0 Å². The lowest BCUT2D eigenvalue weighted by Gasteiger charge is -2.41. The molecule has 0 N–H and O–H groups in total. The van der Waals surface area contributed by atoms with E-state index < -0.39 is 0 Å². The standard InChI is InChI=1S/C15H29N3O2/c1-3-14-12-16(8-9-17(14)10-11-20-2)13-15(19)18-6-4-5-7-18/h14H,3-13H2,1-2H3/t14-/m0/s1.